The van der Waals surface area contributed by atoms with Gasteiger partial charge < -0.3 is 9.30 Å². The fourth-order valence-electron chi connectivity index (χ4n) is 2.15. The fourth-order valence-corrected chi connectivity index (χ4v) is 2.61. The molecule has 0 amide bonds. The molecule has 112 valence electrons. The Morgan fingerprint density at radius 1 is 1.05 bits per heavy atom. The van der Waals surface area contributed by atoms with Crippen LogP contribution < -0.4 is 4.74 Å². The largest absolute Gasteiger partial charge is 0.488 e. The number of aromatic nitrogens is 2. The van der Waals surface area contributed by atoms with Crippen LogP contribution in [0.25, 0.3) is 0 Å². The van der Waals surface area contributed by atoms with Gasteiger partial charge >= 0.3 is 0 Å². The van der Waals surface area contributed by atoms with E-state index in [0.717, 1.165) is 16.9 Å². The highest BCUT2D eigenvalue weighted by Gasteiger charge is 2.06. The highest BCUT2D eigenvalue weighted by atomic mass is 35.5. The number of halogens is 2. The third-order valence-corrected chi connectivity index (χ3v) is 3.87. The molecule has 0 unspecified atom stereocenters. The maximum absolute atomic E-state index is 6.17. The van der Waals surface area contributed by atoms with E-state index in [1.807, 2.05) is 47.2 Å². The van der Waals surface area contributed by atoms with Crippen LogP contribution in [0.15, 0.2) is 61.2 Å². The Morgan fingerprint density at radius 3 is 2.68 bits per heavy atom. The van der Waals surface area contributed by atoms with E-state index < -0.39 is 0 Å². The lowest BCUT2D eigenvalue weighted by molar-refractivity contribution is 0.302. The molecular formula is C17H14Cl2N2O. The minimum Gasteiger partial charge on any atom is -0.488 e. The summed E-state index contributed by atoms with van der Waals surface area (Å²) in [5, 5.41) is 1.23. The van der Waals surface area contributed by atoms with Crippen LogP contribution in [0, 0.1) is 0 Å². The summed E-state index contributed by atoms with van der Waals surface area (Å²) in [6.07, 6.45) is 5.47. The van der Waals surface area contributed by atoms with E-state index in [9.17, 15) is 0 Å². The van der Waals surface area contributed by atoms with Crippen LogP contribution in [-0.4, -0.2) is 9.55 Å². The van der Waals surface area contributed by atoms with Gasteiger partial charge in [0.2, 0.25) is 0 Å². The van der Waals surface area contributed by atoms with Gasteiger partial charge in [-0.3, -0.25) is 0 Å². The van der Waals surface area contributed by atoms with Gasteiger partial charge in [-0.25, -0.2) is 4.98 Å². The van der Waals surface area contributed by atoms with Gasteiger partial charge in [-0.1, -0.05) is 47.5 Å². The number of benzene rings is 2. The summed E-state index contributed by atoms with van der Waals surface area (Å²) in [5.41, 5.74) is 1.99. The lowest BCUT2D eigenvalue weighted by Gasteiger charge is -2.12. The summed E-state index contributed by atoms with van der Waals surface area (Å²) in [6, 6.07) is 13.4. The first-order chi connectivity index (χ1) is 10.7. The molecule has 1 heterocycles. The van der Waals surface area contributed by atoms with E-state index in [2.05, 4.69) is 4.98 Å². The number of ether oxygens (including phenoxy) is 1. The first-order valence-electron chi connectivity index (χ1n) is 6.83. The molecule has 0 saturated heterocycles. The van der Waals surface area contributed by atoms with Crippen LogP contribution in [0.1, 0.15) is 11.1 Å². The third kappa shape index (κ3) is 3.62. The number of rotatable bonds is 5. The molecule has 1 aromatic heterocycles. The van der Waals surface area contributed by atoms with Gasteiger partial charge in [0.25, 0.3) is 0 Å². The summed E-state index contributed by atoms with van der Waals surface area (Å²) >= 11 is 12.1. The molecule has 2 aromatic carbocycles. The average Bonchev–Trinajstić information content (AvgIpc) is 3.01. The molecule has 0 aliphatic carbocycles. The van der Waals surface area contributed by atoms with Gasteiger partial charge in [0, 0.05) is 33.6 Å². The number of hydrogen-bond donors (Lipinski definition) is 0. The maximum Gasteiger partial charge on any atom is 0.124 e. The van der Waals surface area contributed by atoms with Crippen molar-refractivity contribution in [2.45, 2.75) is 13.2 Å². The van der Waals surface area contributed by atoms with E-state index in [1.165, 1.54) is 0 Å². The van der Waals surface area contributed by atoms with Crippen molar-refractivity contribution in [3.05, 3.63) is 82.4 Å². The first kappa shape index (κ1) is 14.9. The number of imidazole rings is 1. The van der Waals surface area contributed by atoms with Crippen molar-refractivity contribution in [3.63, 3.8) is 0 Å². The lowest BCUT2D eigenvalue weighted by atomic mass is 10.2. The van der Waals surface area contributed by atoms with Crippen molar-refractivity contribution in [1.82, 2.24) is 9.55 Å². The van der Waals surface area contributed by atoms with E-state index in [1.54, 1.807) is 18.6 Å². The minimum absolute atomic E-state index is 0.400. The molecule has 5 heteroatoms. The molecule has 0 aliphatic rings. The van der Waals surface area contributed by atoms with Gasteiger partial charge in [0.05, 0.1) is 12.9 Å². The monoisotopic (exact) mass is 332 g/mol. The van der Waals surface area contributed by atoms with Crippen LogP contribution in [0.3, 0.4) is 0 Å². The molecule has 22 heavy (non-hydrogen) atoms. The second-order valence-electron chi connectivity index (χ2n) is 4.87. The second-order valence-corrected chi connectivity index (χ2v) is 5.71. The van der Waals surface area contributed by atoms with Gasteiger partial charge in [-0.05, 0) is 18.2 Å². The molecular weight excluding hydrogens is 319 g/mol. The molecule has 0 spiro atoms. The first-order valence-corrected chi connectivity index (χ1v) is 7.58. The van der Waals surface area contributed by atoms with E-state index in [4.69, 9.17) is 27.9 Å². The summed E-state index contributed by atoms with van der Waals surface area (Å²) in [4.78, 5) is 4.05. The molecule has 3 nitrogen and oxygen atoms in total. The van der Waals surface area contributed by atoms with Crippen molar-refractivity contribution >= 4 is 23.2 Å². The van der Waals surface area contributed by atoms with Crippen molar-refractivity contribution in [2.75, 3.05) is 0 Å². The molecule has 0 radical (unpaired) electrons. The lowest BCUT2D eigenvalue weighted by Crippen LogP contribution is -2.02. The van der Waals surface area contributed by atoms with E-state index in [0.29, 0.717) is 23.2 Å². The molecule has 0 bridgehead atoms. The zero-order chi connectivity index (χ0) is 15.4. The molecule has 3 rings (SSSR count). The molecule has 0 aliphatic heterocycles. The molecule has 0 saturated carbocycles. The smallest absolute Gasteiger partial charge is 0.124 e. The van der Waals surface area contributed by atoms with Crippen molar-refractivity contribution in [2.24, 2.45) is 0 Å². The topological polar surface area (TPSA) is 27.1 Å². The molecule has 3 aromatic rings. The zero-order valence-electron chi connectivity index (χ0n) is 11.7. The minimum atomic E-state index is 0.400. The molecule has 0 atom stereocenters. The van der Waals surface area contributed by atoms with Gasteiger partial charge in [0.1, 0.15) is 12.4 Å². The Morgan fingerprint density at radius 2 is 1.91 bits per heavy atom. The summed E-state index contributed by atoms with van der Waals surface area (Å²) in [6.45, 7) is 1.11. The van der Waals surface area contributed by atoms with Crippen LogP contribution in [0.2, 0.25) is 10.0 Å². The van der Waals surface area contributed by atoms with Crippen molar-refractivity contribution in [1.29, 1.82) is 0 Å². The predicted octanol–water partition coefficient (Wildman–Crippen LogP) is 4.82. The molecule has 0 N–H and O–H groups in total. The quantitative estimate of drug-likeness (QED) is 0.669. The highest BCUT2D eigenvalue weighted by Crippen LogP contribution is 2.24. The number of para-hydroxylation sites is 1. The summed E-state index contributed by atoms with van der Waals surface area (Å²) in [7, 11) is 0. The summed E-state index contributed by atoms with van der Waals surface area (Å²) in [5.74, 6) is 0.835. The van der Waals surface area contributed by atoms with Crippen molar-refractivity contribution < 1.29 is 4.74 Å². The SMILES string of the molecule is Clc1ccc(COc2ccccc2Cn2ccnc2)c(Cl)c1. The van der Waals surface area contributed by atoms with E-state index >= 15 is 0 Å². The van der Waals surface area contributed by atoms with Crippen LogP contribution in [-0.2, 0) is 13.2 Å². The van der Waals surface area contributed by atoms with Crippen molar-refractivity contribution in [3.8, 4) is 5.75 Å². The Balaban J connectivity index is 1.75. The van der Waals surface area contributed by atoms with E-state index in [-0.39, 0.29) is 0 Å². The van der Waals surface area contributed by atoms with Gasteiger partial charge in [0.15, 0.2) is 0 Å². The second kappa shape index (κ2) is 6.86. The predicted molar refractivity (Wildman–Crippen MR) is 88.6 cm³/mol. The normalized spacial score (nSPS) is 10.6. The fraction of sp³-hybridized carbons (Fsp3) is 0.118. The van der Waals surface area contributed by atoms with Gasteiger partial charge in [-0.2, -0.15) is 0 Å². The van der Waals surface area contributed by atoms with Crippen LogP contribution in [0.5, 0.6) is 5.75 Å². The van der Waals surface area contributed by atoms with Gasteiger partial charge in [-0.15, -0.1) is 0 Å². The standard InChI is InChI=1S/C17H14Cl2N2O/c18-15-6-5-14(16(19)9-15)11-22-17-4-2-1-3-13(17)10-21-8-7-20-12-21/h1-9,12H,10-11H2. The summed E-state index contributed by atoms with van der Waals surface area (Å²) < 4.78 is 7.93. The Kier molecular flexibility index (Phi) is 4.66. The van der Waals surface area contributed by atoms with Crippen LogP contribution in [0.4, 0.5) is 0 Å². The highest BCUT2D eigenvalue weighted by molar-refractivity contribution is 6.35. The Labute approximate surface area is 139 Å². The zero-order valence-corrected chi connectivity index (χ0v) is 13.3. The Hall–Kier alpha value is -1.97. The average molecular weight is 333 g/mol. The Bertz CT molecular complexity index is 757. The third-order valence-electron chi connectivity index (χ3n) is 3.28. The van der Waals surface area contributed by atoms with Crippen LogP contribution >= 0.6 is 23.2 Å². The maximum atomic E-state index is 6.17. The molecule has 0 fully saturated rings. The number of nitrogens with zero attached hydrogens (tertiary/aromatic N) is 2. The number of hydrogen-bond acceptors (Lipinski definition) is 2.